The number of benzene rings is 1. The predicted octanol–water partition coefficient (Wildman–Crippen LogP) is 3.58. The Morgan fingerprint density at radius 1 is 1.10 bits per heavy atom. The summed E-state index contributed by atoms with van der Waals surface area (Å²) in [6.45, 7) is 2.21. The van der Waals surface area contributed by atoms with Crippen LogP contribution in [0.15, 0.2) is 30.5 Å². The zero-order valence-corrected chi connectivity index (χ0v) is 17.4. The second-order valence-electron chi connectivity index (χ2n) is 8.48. The van der Waals surface area contributed by atoms with Crippen LogP contribution >= 0.6 is 0 Å². The predicted molar refractivity (Wildman–Crippen MR) is 118 cm³/mol. The Labute approximate surface area is 177 Å². The molecule has 1 aromatic carbocycles. The fourth-order valence-electron chi connectivity index (χ4n) is 4.58. The van der Waals surface area contributed by atoms with Gasteiger partial charge in [0.1, 0.15) is 5.82 Å². The Kier molecular flexibility index (Phi) is 6.47. The molecule has 1 saturated carbocycles. The maximum absolute atomic E-state index is 11.9. The molecule has 160 valence electrons. The van der Waals surface area contributed by atoms with E-state index in [1.807, 2.05) is 12.1 Å². The minimum atomic E-state index is -0.590. The van der Waals surface area contributed by atoms with Gasteiger partial charge in [0.2, 0.25) is 0 Å². The van der Waals surface area contributed by atoms with Crippen molar-refractivity contribution in [3.8, 4) is 0 Å². The number of carbonyl (C=O) groups excluding carboxylic acids is 1. The Hall–Kier alpha value is -2.67. The first-order valence-electron chi connectivity index (χ1n) is 11.0. The number of piperidine rings is 1. The Morgan fingerprint density at radius 3 is 2.43 bits per heavy atom. The third-order valence-corrected chi connectivity index (χ3v) is 6.42. The van der Waals surface area contributed by atoms with Gasteiger partial charge in [0.25, 0.3) is 5.91 Å². The number of hydrogen-bond donors (Lipinski definition) is 3. The summed E-state index contributed by atoms with van der Waals surface area (Å²) in [5, 5.41) is 12.6. The average molecular weight is 410 g/mol. The van der Waals surface area contributed by atoms with Gasteiger partial charge in [0.05, 0.1) is 6.20 Å². The zero-order valence-electron chi connectivity index (χ0n) is 17.4. The minimum Gasteiger partial charge on any atom is -0.396 e. The zero-order chi connectivity index (χ0) is 20.9. The lowest BCUT2D eigenvalue weighted by Crippen LogP contribution is -2.31. The van der Waals surface area contributed by atoms with Crippen molar-refractivity contribution in [1.29, 1.82) is 0 Å². The second kappa shape index (κ2) is 9.43. The number of nitrogens with one attached hydrogen (secondary N) is 1. The smallest absolute Gasteiger partial charge is 0.271 e. The molecule has 1 aliphatic heterocycles. The molecule has 2 aliphatic rings. The monoisotopic (exact) mass is 409 g/mol. The minimum absolute atomic E-state index is 0.155. The summed E-state index contributed by atoms with van der Waals surface area (Å²) in [6, 6.07) is 8.32. The molecule has 30 heavy (non-hydrogen) atoms. The van der Waals surface area contributed by atoms with E-state index in [1.54, 1.807) is 6.20 Å². The van der Waals surface area contributed by atoms with Crippen molar-refractivity contribution in [1.82, 2.24) is 9.97 Å². The number of nitrogens with zero attached hydrogens (tertiary/aromatic N) is 3. The van der Waals surface area contributed by atoms with Crippen LogP contribution in [-0.4, -0.2) is 40.7 Å². The molecule has 4 N–H and O–H groups in total. The average Bonchev–Trinajstić information content (AvgIpc) is 2.80. The van der Waals surface area contributed by atoms with Crippen molar-refractivity contribution in [3.05, 3.63) is 41.7 Å². The van der Waals surface area contributed by atoms with Crippen LogP contribution in [0.2, 0.25) is 0 Å². The molecular formula is C23H31N5O2. The van der Waals surface area contributed by atoms with E-state index in [2.05, 4.69) is 32.3 Å². The standard InChI is InChI=1S/C23H31N5O2/c24-22(30)21-23(27-20(14-25-21)28-12-2-1-3-13-28)26-19-10-8-18(9-11-19)17-6-4-16(15-29)5-7-17/h8-11,14,16-17,29H,1-7,12-13,15H2,(H2,24,30)(H,26,27). The highest BCUT2D eigenvalue weighted by atomic mass is 16.3. The van der Waals surface area contributed by atoms with E-state index in [4.69, 9.17) is 5.73 Å². The quantitative estimate of drug-likeness (QED) is 0.674. The largest absolute Gasteiger partial charge is 0.396 e. The third-order valence-electron chi connectivity index (χ3n) is 6.42. The van der Waals surface area contributed by atoms with Crippen molar-refractivity contribution in [2.24, 2.45) is 11.7 Å². The number of primary amides is 1. The molecule has 0 spiro atoms. The Morgan fingerprint density at radius 2 is 1.80 bits per heavy atom. The summed E-state index contributed by atoms with van der Waals surface area (Å²) in [4.78, 5) is 23.0. The molecule has 2 fully saturated rings. The molecule has 1 amide bonds. The number of aliphatic hydroxyl groups is 1. The molecule has 0 radical (unpaired) electrons. The van der Waals surface area contributed by atoms with Gasteiger partial charge in [-0.25, -0.2) is 9.97 Å². The van der Waals surface area contributed by atoms with E-state index in [9.17, 15) is 9.90 Å². The van der Waals surface area contributed by atoms with Gasteiger partial charge in [0.15, 0.2) is 11.5 Å². The molecule has 1 aromatic heterocycles. The maximum atomic E-state index is 11.9. The highest BCUT2D eigenvalue weighted by Gasteiger charge is 2.22. The number of hydrogen-bond acceptors (Lipinski definition) is 6. The molecule has 1 aliphatic carbocycles. The fourth-order valence-corrected chi connectivity index (χ4v) is 4.58. The summed E-state index contributed by atoms with van der Waals surface area (Å²) < 4.78 is 0. The van der Waals surface area contributed by atoms with Gasteiger partial charge in [-0.1, -0.05) is 12.1 Å². The third kappa shape index (κ3) is 4.73. The number of anilines is 3. The van der Waals surface area contributed by atoms with Crippen molar-refractivity contribution in [2.75, 3.05) is 29.9 Å². The SMILES string of the molecule is NC(=O)c1ncc(N2CCCCC2)nc1Nc1ccc(C2CCC(CO)CC2)cc1. The number of amides is 1. The number of rotatable bonds is 6. The van der Waals surface area contributed by atoms with Crippen LogP contribution in [0.5, 0.6) is 0 Å². The fraction of sp³-hybridized carbons (Fsp3) is 0.522. The Balaban J connectivity index is 1.49. The van der Waals surface area contributed by atoms with E-state index >= 15 is 0 Å². The van der Waals surface area contributed by atoms with Crippen molar-refractivity contribution < 1.29 is 9.90 Å². The molecule has 0 atom stereocenters. The first-order valence-corrected chi connectivity index (χ1v) is 11.0. The van der Waals surface area contributed by atoms with Crippen LogP contribution in [0.1, 0.15) is 66.9 Å². The lowest BCUT2D eigenvalue weighted by molar-refractivity contribution is 0.0996. The summed E-state index contributed by atoms with van der Waals surface area (Å²) in [7, 11) is 0. The molecule has 4 rings (SSSR count). The molecule has 7 nitrogen and oxygen atoms in total. The van der Waals surface area contributed by atoms with Crippen LogP contribution in [0.4, 0.5) is 17.3 Å². The van der Waals surface area contributed by atoms with Crippen LogP contribution in [0.3, 0.4) is 0 Å². The number of aromatic nitrogens is 2. The van der Waals surface area contributed by atoms with Crippen LogP contribution in [-0.2, 0) is 0 Å². The normalized spacial score (nSPS) is 22.0. The number of carbonyl (C=O) groups is 1. The number of aliphatic hydroxyl groups excluding tert-OH is 1. The van der Waals surface area contributed by atoms with E-state index in [0.29, 0.717) is 24.3 Å². The van der Waals surface area contributed by atoms with Crippen LogP contribution in [0, 0.1) is 5.92 Å². The van der Waals surface area contributed by atoms with Gasteiger partial charge in [0, 0.05) is 25.4 Å². The molecule has 2 aromatic rings. The lowest BCUT2D eigenvalue weighted by Gasteiger charge is -2.28. The van der Waals surface area contributed by atoms with E-state index in [1.165, 1.54) is 12.0 Å². The highest BCUT2D eigenvalue weighted by molar-refractivity contribution is 5.96. The highest BCUT2D eigenvalue weighted by Crippen LogP contribution is 2.36. The van der Waals surface area contributed by atoms with Gasteiger partial charge in [-0.2, -0.15) is 0 Å². The number of nitrogens with two attached hydrogens (primary N) is 1. The molecule has 7 heteroatoms. The van der Waals surface area contributed by atoms with Gasteiger partial charge >= 0.3 is 0 Å². The molecule has 0 bridgehead atoms. The summed E-state index contributed by atoms with van der Waals surface area (Å²) >= 11 is 0. The van der Waals surface area contributed by atoms with Gasteiger partial charge in [-0.15, -0.1) is 0 Å². The first kappa shape index (κ1) is 20.6. The van der Waals surface area contributed by atoms with Gasteiger partial charge in [-0.3, -0.25) is 4.79 Å². The summed E-state index contributed by atoms with van der Waals surface area (Å²) in [5.41, 5.74) is 7.86. The molecule has 2 heterocycles. The Bertz CT molecular complexity index is 856. The summed E-state index contributed by atoms with van der Waals surface area (Å²) in [6.07, 6.45) is 9.57. The van der Waals surface area contributed by atoms with E-state index < -0.39 is 5.91 Å². The van der Waals surface area contributed by atoms with Crippen molar-refractivity contribution in [3.63, 3.8) is 0 Å². The van der Waals surface area contributed by atoms with Gasteiger partial charge < -0.3 is 21.1 Å². The van der Waals surface area contributed by atoms with Crippen molar-refractivity contribution >= 4 is 23.2 Å². The van der Waals surface area contributed by atoms with E-state index in [0.717, 1.165) is 63.1 Å². The second-order valence-corrected chi connectivity index (χ2v) is 8.48. The van der Waals surface area contributed by atoms with E-state index in [-0.39, 0.29) is 5.69 Å². The molecule has 1 saturated heterocycles. The van der Waals surface area contributed by atoms with Crippen LogP contribution in [0.25, 0.3) is 0 Å². The van der Waals surface area contributed by atoms with Crippen molar-refractivity contribution in [2.45, 2.75) is 50.9 Å². The van der Waals surface area contributed by atoms with Gasteiger partial charge in [-0.05, 0) is 74.5 Å². The molecule has 0 unspecified atom stereocenters. The lowest BCUT2D eigenvalue weighted by atomic mass is 9.79. The topological polar surface area (TPSA) is 104 Å². The maximum Gasteiger partial charge on any atom is 0.271 e. The van der Waals surface area contributed by atoms with Crippen LogP contribution < -0.4 is 16.0 Å². The summed E-state index contributed by atoms with van der Waals surface area (Å²) in [5.74, 6) is 1.60. The first-order chi connectivity index (χ1) is 14.6. The molecular weight excluding hydrogens is 378 g/mol.